The molecule has 0 saturated heterocycles. The highest BCUT2D eigenvalue weighted by molar-refractivity contribution is 5.90. The van der Waals surface area contributed by atoms with E-state index >= 15 is 0 Å². The molecule has 43 heavy (non-hydrogen) atoms. The first-order valence-corrected chi connectivity index (χ1v) is 14.6. The van der Waals surface area contributed by atoms with Crippen LogP contribution >= 0.6 is 0 Å². The van der Waals surface area contributed by atoms with Crippen molar-refractivity contribution in [3.05, 3.63) is 100 Å². The van der Waals surface area contributed by atoms with E-state index < -0.39 is 63.7 Å². The van der Waals surface area contributed by atoms with E-state index in [9.17, 15) is 31.1 Å². The Morgan fingerprint density at radius 2 is 1.49 bits per heavy atom. The summed E-state index contributed by atoms with van der Waals surface area (Å²) in [7, 11) is 0. The lowest BCUT2D eigenvalue weighted by Crippen LogP contribution is -2.25. The molecule has 230 valence electrons. The zero-order chi connectivity index (χ0) is 31.1. The Morgan fingerprint density at radius 1 is 0.814 bits per heavy atom. The van der Waals surface area contributed by atoms with Crippen molar-refractivity contribution in [3.63, 3.8) is 0 Å². The second kappa shape index (κ2) is 14.6. The highest BCUT2D eigenvalue weighted by Crippen LogP contribution is 2.37. The van der Waals surface area contributed by atoms with Gasteiger partial charge in [0.2, 0.25) is 5.82 Å². The Morgan fingerprint density at radius 3 is 2.16 bits per heavy atom. The molecule has 3 aromatic rings. The molecule has 0 amide bonds. The third kappa shape index (κ3) is 7.25. The van der Waals surface area contributed by atoms with E-state index in [4.69, 9.17) is 9.47 Å². The summed E-state index contributed by atoms with van der Waals surface area (Å²) < 4.78 is 99.3. The molecule has 0 spiro atoms. The number of unbranched alkanes of at least 4 members (excludes halogenated alkanes) is 1. The lowest BCUT2D eigenvalue weighted by molar-refractivity contribution is 0.0188. The van der Waals surface area contributed by atoms with Crippen LogP contribution in [-0.2, 0) is 11.2 Å². The van der Waals surface area contributed by atoms with E-state index in [-0.39, 0.29) is 23.8 Å². The summed E-state index contributed by atoms with van der Waals surface area (Å²) >= 11 is 0. The van der Waals surface area contributed by atoms with Crippen LogP contribution < -0.4 is 4.74 Å². The second-order valence-corrected chi connectivity index (χ2v) is 10.7. The molecule has 4 rings (SSSR count). The predicted octanol–water partition coefficient (Wildman–Crippen LogP) is 9.76. The number of esters is 1. The first kappa shape index (κ1) is 32.2. The number of hydrogen-bond donors (Lipinski definition) is 0. The van der Waals surface area contributed by atoms with Gasteiger partial charge in [0, 0.05) is 11.1 Å². The topological polar surface area (TPSA) is 35.5 Å². The van der Waals surface area contributed by atoms with Gasteiger partial charge in [0.25, 0.3) is 0 Å². The normalized spacial score (nSPS) is 16.9. The van der Waals surface area contributed by atoms with Gasteiger partial charge in [-0.3, -0.25) is 0 Å². The number of benzene rings is 3. The van der Waals surface area contributed by atoms with Crippen molar-refractivity contribution in [2.75, 3.05) is 6.61 Å². The zero-order valence-electron chi connectivity index (χ0n) is 24.1. The first-order valence-electron chi connectivity index (χ1n) is 14.6. The van der Waals surface area contributed by atoms with E-state index in [2.05, 4.69) is 0 Å². The van der Waals surface area contributed by atoms with Crippen LogP contribution in [0.15, 0.2) is 48.6 Å². The average Bonchev–Trinajstić information content (AvgIpc) is 3.00. The van der Waals surface area contributed by atoms with Crippen molar-refractivity contribution in [1.82, 2.24) is 0 Å². The van der Waals surface area contributed by atoms with Gasteiger partial charge in [-0.2, -0.15) is 4.39 Å². The minimum Gasteiger partial charge on any atom is -0.490 e. The Labute approximate surface area is 247 Å². The number of halogens is 6. The maximum Gasteiger partial charge on any atom is 0.341 e. The van der Waals surface area contributed by atoms with E-state index in [0.29, 0.717) is 50.5 Å². The van der Waals surface area contributed by atoms with Crippen LogP contribution in [0.25, 0.3) is 11.1 Å². The number of carbonyl (C=O) groups is 1. The number of rotatable bonds is 11. The molecule has 1 saturated carbocycles. The molecule has 0 atom stereocenters. The van der Waals surface area contributed by atoms with Crippen molar-refractivity contribution in [2.24, 2.45) is 0 Å². The summed E-state index contributed by atoms with van der Waals surface area (Å²) in [6.45, 7) is 3.94. The second-order valence-electron chi connectivity index (χ2n) is 10.7. The molecular formula is C34H34F6O3. The Kier molecular flexibility index (Phi) is 10.9. The van der Waals surface area contributed by atoms with E-state index in [1.54, 1.807) is 12.1 Å². The van der Waals surface area contributed by atoms with Gasteiger partial charge in [-0.05, 0) is 87.1 Å². The van der Waals surface area contributed by atoms with E-state index in [1.807, 2.05) is 26.0 Å². The van der Waals surface area contributed by atoms with Crippen molar-refractivity contribution < 1.29 is 40.6 Å². The third-order valence-corrected chi connectivity index (χ3v) is 7.79. The number of allylic oxidation sites excluding steroid dienone is 2. The summed E-state index contributed by atoms with van der Waals surface area (Å²) in [6.07, 6.45) is 6.96. The third-order valence-electron chi connectivity index (χ3n) is 7.79. The fourth-order valence-corrected chi connectivity index (χ4v) is 5.32. The quantitative estimate of drug-likeness (QED) is 0.0946. The molecule has 0 unspecified atom stereocenters. The highest BCUT2D eigenvalue weighted by Gasteiger charge is 2.30. The van der Waals surface area contributed by atoms with Gasteiger partial charge in [0.05, 0.1) is 12.2 Å². The van der Waals surface area contributed by atoms with Gasteiger partial charge in [0.1, 0.15) is 6.10 Å². The van der Waals surface area contributed by atoms with Gasteiger partial charge < -0.3 is 9.47 Å². The fraction of sp³-hybridized carbons (Fsp3) is 0.382. The highest BCUT2D eigenvalue weighted by atomic mass is 19.2. The molecular weight excluding hydrogens is 570 g/mol. The summed E-state index contributed by atoms with van der Waals surface area (Å²) in [5.41, 5.74) is -1.20. The predicted molar refractivity (Wildman–Crippen MR) is 152 cm³/mol. The largest absolute Gasteiger partial charge is 0.490 e. The molecule has 0 radical (unpaired) electrons. The lowest BCUT2D eigenvalue weighted by atomic mass is 9.82. The Hall–Kier alpha value is -3.75. The SMILES string of the molecule is C/C=C/CCc1ccc(C2CCC(OC(=O)c3ccc(-c4ccc(OCCCC)c(F)c4F)c(F)c3F)CC2)c(F)c1F. The summed E-state index contributed by atoms with van der Waals surface area (Å²) in [5.74, 6) is -9.25. The Bertz CT molecular complexity index is 1480. The molecule has 3 aromatic carbocycles. The molecule has 9 heteroatoms. The maximum absolute atomic E-state index is 15.0. The molecule has 0 bridgehead atoms. The fourth-order valence-electron chi connectivity index (χ4n) is 5.32. The molecule has 0 aromatic heterocycles. The molecule has 0 heterocycles. The number of hydrogen-bond acceptors (Lipinski definition) is 3. The van der Waals surface area contributed by atoms with Crippen LogP contribution in [-0.4, -0.2) is 18.7 Å². The molecule has 0 aliphatic heterocycles. The summed E-state index contributed by atoms with van der Waals surface area (Å²) in [6, 6.07) is 7.36. The molecule has 1 aliphatic carbocycles. The summed E-state index contributed by atoms with van der Waals surface area (Å²) in [4.78, 5) is 12.7. The average molecular weight is 605 g/mol. The van der Waals surface area contributed by atoms with Crippen LogP contribution in [0.3, 0.4) is 0 Å². The van der Waals surface area contributed by atoms with E-state index in [1.165, 1.54) is 0 Å². The van der Waals surface area contributed by atoms with Crippen LogP contribution in [0.1, 0.15) is 86.2 Å². The number of ether oxygens (including phenoxy) is 2. The number of carbonyl (C=O) groups excluding carboxylic acids is 1. The molecule has 1 fully saturated rings. The van der Waals surface area contributed by atoms with Crippen molar-refractivity contribution in [2.45, 2.75) is 77.2 Å². The minimum atomic E-state index is -1.55. The van der Waals surface area contributed by atoms with Crippen molar-refractivity contribution in [3.8, 4) is 16.9 Å². The molecule has 3 nitrogen and oxygen atoms in total. The first-order chi connectivity index (χ1) is 20.7. The minimum absolute atomic E-state index is 0.174. The van der Waals surface area contributed by atoms with Crippen molar-refractivity contribution in [1.29, 1.82) is 0 Å². The van der Waals surface area contributed by atoms with Gasteiger partial charge >= 0.3 is 5.97 Å². The molecule has 1 aliphatic rings. The van der Waals surface area contributed by atoms with Gasteiger partial charge in [0.15, 0.2) is 34.8 Å². The monoisotopic (exact) mass is 604 g/mol. The molecule has 0 N–H and O–H groups in total. The van der Waals surface area contributed by atoms with Gasteiger partial charge in [-0.25, -0.2) is 26.7 Å². The van der Waals surface area contributed by atoms with Crippen molar-refractivity contribution >= 4 is 5.97 Å². The maximum atomic E-state index is 15.0. The number of aryl methyl sites for hydroxylation is 1. The van der Waals surface area contributed by atoms with Crippen LogP contribution in [0.5, 0.6) is 5.75 Å². The lowest BCUT2D eigenvalue weighted by Gasteiger charge is -2.29. The van der Waals surface area contributed by atoms with Gasteiger partial charge in [-0.15, -0.1) is 0 Å². The standard InChI is InChI=1S/C34H34F6O3/c1-3-5-7-8-21-11-14-23(29(36)28(21)35)20-9-12-22(13-10-20)43-34(41)26-16-15-24(30(37)32(26)39)25-17-18-27(33(40)31(25)38)42-19-6-4-2/h3,5,11,14-18,20,22H,4,6-10,12-13,19H2,1-2H3/b5-3+. The summed E-state index contributed by atoms with van der Waals surface area (Å²) in [5, 5.41) is 0. The van der Waals surface area contributed by atoms with Gasteiger partial charge in [-0.1, -0.05) is 43.7 Å². The Balaban J connectivity index is 1.41. The van der Waals surface area contributed by atoms with Crippen LogP contribution in [0.4, 0.5) is 26.3 Å². The van der Waals surface area contributed by atoms with E-state index in [0.717, 1.165) is 30.7 Å². The van der Waals surface area contributed by atoms with Crippen LogP contribution in [0, 0.1) is 34.9 Å². The van der Waals surface area contributed by atoms with Crippen LogP contribution in [0.2, 0.25) is 0 Å². The smallest absolute Gasteiger partial charge is 0.341 e. The zero-order valence-corrected chi connectivity index (χ0v) is 24.1.